The predicted molar refractivity (Wildman–Crippen MR) is 120 cm³/mol. The summed E-state index contributed by atoms with van der Waals surface area (Å²) in [6, 6.07) is 16.5. The molecule has 3 heterocycles. The molecule has 6 heteroatoms. The van der Waals surface area contributed by atoms with Crippen molar-refractivity contribution in [3.05, 3.63) is 72.2 Å². The quantitative estimate of drug-likeness (QED) is 0.704. The van der Waals surface area contributed by atoms with E-state index in [1.807, 2.05) is 23.1 Å². The zero-order chi connectivity index (χ0) is 20.5. The maximum Gasteiger partial charge on any atom is 0.278 e. The van der Waals surface area contributed by atoms with Crippen molar-refractivity contribution in [1.82, 2.24) is 9.97 Å². The standard InChI is InChI=1S/C24H25N5O/c1-17-14-18-6-2-3-7-22(18)29(17)24(30)21-15-26-23(16-25-21)27-19-8-10-20(11-9-19)28-12-4-5-13-28/h2-3,6-11,15-17H,4-5,12-14H2,1H3,(H,26,27). The Morgan fingerprint density at radius 1 is 1.00 bits per heavy atom. The number of carbonyl (C=O) groups is 1. The maximum absolute atomic E-state index is 13.1. The highest BCUT2D eigenvalue weighted by atomic mass is 16.2. The summed E-state index contributed by atoms with van der Waals surface area (Å²) in [5, 5.41) is 3.26. The first-order chi connectivity index (χ1) is 14.7. The van der Waals surface area contributed by atoms with E-state index in [4.69, 9.17) is 0 Å². The summed E-state index contributed by atoms with van der Waals surface area (Å²) in [6.45, 7) is 4.33. The minimum atomic E-state index is -0.110. The fraction of sp³-hybridized carbons (Fsp3) is 0.292. The SMILES string of the molecule is CC1Cc2ccccc2N1C(=O)c1cnc(Nc2ccc(N3CCCC3)cc2)cn1. The molecule has 3 aromatic rings. The van der Waals surface area contributed by atoms with Gasteiger partial charge in [0.05, 0.1) is 12.4 Å². The smallest absolute Gasteiger partial charge is 0.278 e. The van der Waals surface area contributed by atoms with Gasteiger partial charge in [0.1, 0.15) is 11.5 Å². The van der Waals surface area contributed by atoms with Gasteiger partial charge in [-0.1, -0.05) is 18.2 Å². The van der Waals surface area contributed by atoms with Crippen molar-refractivity contribution in [3.63, 3.8) is 0 Å². The van der Waals surface area contributed by atoms with Crippen LogP contribution in [-0.4, -0.2) is 35.0 Å². The highest BCUT2D eigenvalue weighted by Gasteiger charge is 2.31. The van der Waals surface area contributed by atoms with Gasteiger partial charge < -0.3 is 15.1 Å². The Morgan fingerprint density at radius 2 is 1.77 bits per heavy atom. The largest absolute Gasteiger partial charge is 0.372 e. The van der Waals surface area contributed by atoms with E-state index in [0.29, 0.717) is 11.5 Å². The molecule has 2 aliphatic heterocycles. The van der Waals surface area contributed by atoms with Crippen molar-refractivity contribution in [2.45, 2.75) is 32.2 Å². The van der Waals surface area contributed by atoms with Gasteiger partial charge in [0, 0.05) is 36.2 Å². The molecule has 152 valence electrons. The summed E-state index contributed by atoms with van der Waals surface area (Å²) < 4.78 is 0. The Labute approximate surface area is 176 Å². The Morgan fingerprint density at radius 3 is 2.50 bits per heavy atom. The number of anilines is 4. The molecule has 2 aliphatic rings. The monoisotopic (exact) mass is 399 g/mol. The van der Waals surface area contributed by atoms with E-state index in [0.717, 1.165) is 30.9 Å². The van der Waals surface area contributed by atoms with Crippen LogP contribution in [0.15, 0.2) is 60.9 Å². The highest BCUT2D eigenvalue weighted by Crippen LogP contribution is 2.32. The van der Waals surface area contributed by atoms with Gasteiger partial charge in [0.15, 0.2) is 0 Å². The second kappa shape index (κ2) is 7.78. The Hall–Kier alpha value is -3.41. The number of hydrogen-bond donors (Lipinski definition) is 1. The number of aromatic nitrogens is 2. The number of nitrogens with one attached hydrogen (secondary N) is 1. The van der Waals surface area contributed by atoms with E-state index in [-0.39, 0.29) is 11.9 Å². The third-order valence-corrected chi connectivity index (χ3v) is 5.91. The molecule has 0 bridgehead atoms. The maximum atomic E-state index is 13.1. The lowest BCUT2D eigenvalue weighted by molar-refractivity contribution is 0.0976. The van der Waals surface area contributed by atoms with Crippen LogP contribution in [0.1, 0.15) is 35.8 Å². The van der Waals surface area contributed by atoms with E-state index in [1.165, 1.54) is 24.1 Å². The number of rotatable bonds is 4. The van der Waals surface area contributed by atoms with Gasteiger partial charge in [-0.25, -0.2) is 9.97 Å². The number of benzene rings is 2. The van der Waals surface area contributed by atoms with Gasteiger partial charge in [0.2, 0.25) is 0 Å². The molecule has 0 aliphatic carbocycles. The molecular weight excluding hydrogens is 374 g/mol. The summed E-state index contributed by atoms with van der Waals surface area (Å²) in [5.74, 6) is 0.511. The second-order valence-corrected chi connectivity index (χ2v) is 8.01. The lowest BCUT2D eigenvalue weighted by Crippen LogP contribution is -2.36. The summed E-state index contributed by atoms with van der Waals surface area (Å²) in [5.41, 5.74) is 4.73. The Bertz CT molecular complexity index is 1040. The fourth-order valence-electron chi connectivity index (χ4n) is 4.38. The number of fused-ring (bicyclic) bond motifs is 1. The summed E-state index contributed by atoms with van der Waals surface area (Å²) in [4.78, 5) is 26.1. The molecule has 5 rings (SSSR count). The lowest BCUT2D eigenvalue weighted by Gasteiger charge is -2.22. The first kappa shape index (κ1) is 18.6. The number of nitrogens with zero attached hydrogens (tertiary/aromatic N) is 4. The molecule has 1 N–H and O–H groups in total. The van der Waals surface area contributed by atoms with Gasteiger partial charge >= 0.3 is 0 Å². The number of hydrogen-bond acceptors (Lipinski definition) is 5. The van der Waals surface area contributed by atoms with E-state index in [1.54, 1.807) is 12.4 Å². The number of amides is 1. The number of para-hydroxylation sites is 1. The zero-order valence-electron chi connectivity index (χ0n) is 17.1. The molecule has 1 saturated heterocycles. The van der Waals surface area contributed by atoms with E-state index >= 15 is 0 Å². The fourth-order valence-corrected chi connectivity index (χ4v) is 4.38. The average Bonchev–Trinajstić information content (AvgIpc) is 3.42. The van der Waals surface area contributed by atoms with Gasteiger partial charge in [-0.3, -0.25) is 4.79 Å². The van der Waals surface area contributed by atoms with Gasteiger partial charge in [0.25, 0.3) is 5.91 Å². The lowest BCUT2D eigenvalue weighted by atomic mass is 10.1. The van der Waals surface area contributed by atoms with Crippen LogP contribution in [0.3, 0.4) is 0 Å². The van der Waals surface area contributed by atoms with Crippen molar-refractivity contribution in [2.75, 3.05) is 28.2 Å². The van der Waals surface area contributed by atoms with E-state index in [2.05, 4.69) is 57.4 Å². The molecule has 6 nitrogen and oxygen atoms in total. The highest BCUT2D eigenvalue weighted by molar-refractivity contribution is 6.06. The van der Waals surface area contributed by atoms with Crippen LogP contribution in [0.25, 0.3) is 0 Å². The number of carbonyl (C=O) groups excluding carboxylic acids is 1. The molecule has 0 saturated carbocycles. The third-order valence-electron chi connectivity index (χ3n) is 5.91. The van der Waals surface area contributed by atoms with Gasteiger partial charge in [-0.05, 0) is 62.1 Å². The summed E-state index contributed by atoms with van der Waals surface area (Å²) >= 11 is 0. The van der Waals surface area contributed by atoms with Crippen LogP contribution in [0, 0.1) is 0 Å². The molecule has 1 aromatic heterocycles. The van der Waals surface area contributed by atoms with Crippen LogP contribution < -0.4 is 15.1 Å². The van der Waals surface area contributed by atoms with Crippen molar-refractivity contribution in [1.29, 1.82) is 0 Å². The first-order valence-electron chi connectivity index (χ1n) is 10.5. The van der Waals surface area contributed by atoms with Crippen LogP contribution >= 0.6 is 0 Å². The predicted octanol–water partition coefficient (Wildman–Crippen LogP) is 4.41. The molecule has 30 heavy (non-hydrogen) atoms. The topological polar surface area (TPSA) is 61.4 Å². The van der Waals surface area contributed by atoms with Crippen LogP contribution in [0.5, 0.6) is 0 Å². The molecule has 0 radical (unpaired) electrons. The summed E-state index contributed by atoms with van der Waals surface area (Å²) in [6.07, 6.45) is 6.57. The van der Waals surface area contributed by atoms with Crippen LogP contribution in [0.4, 0.5) is 22.9 Å². The molecule has 2 aromatic carbocycles. The molecule has 1 atom stereocenters. The second-order valence-electron chi connectivity index (χ2n) is 8.01. The van der Waals surface area contributed by atoms with Crippen molar-refractivity contribution >= 4 is 28.8 Å². The van der Waals surface area contributed by atoms with Crippen molar-refractivity contribution < 1.29 is 4.79 Å². The van der Waals surface area contributed by atoms with E-state index < -0.39 is 0 Å². The molecule has 1 unspecified atom stereocenters. The minimum absolute atomic E-state index is 0.110. The normalized spacial score (nSPS) is 17.8. The third kappa shape index (κ3) is 3.49. The Kier molecular flexibility index (Phi) is 4.83. The first-order valence-corrected chi connectivity index (χ1v) is 10.5. The van der Waals surface area contributed by atoms with Gasteiger partial charge in [-0.2, -0.15) is 0 Å². The molecule has 1 fully saturated rings. The van der Waals surface area contributed by atoms with Crippen molar-refractivity contribution in [3.8, 4) is 0 Å². The minimum Gasteiger partial charge on any atom is -0.372 e. The van der Waals surface area contributed by atoms with Crippen molar-refractivity contribution in [2.24, 2.45) is 0 Å². The van der Waals surface area contributed by atoms with Crippen LogP contribution in [-0.2, 0) is 6.42 Å². The van der Waals surface area contributed by atoms with Crippen LogP contribution in [0.2, 0.25) is 0 Å². The molecule has 0 spiro atoms. The summed E-state index contributed by atoms with van der Waals surface area (Å²) in [7, 11) is 0. The molecular formula is C24H25N5O. The van der Waals surface area contributed by atoms with Gasteiger partial charge in [-0.15, -0.1) is 0 Å². The molecule has 1 amide bonds. The zero-order valence-corrected chi connectivity index (χ0v) is 17.1. The average molecular weight is 399 g/mol. The van der Waals surface area contributed by atoms with E-state index in [9.17, 15) is 4.79 Å². The Balaban J connectivity index is 1.28.